The van der Waals surface area contributed by atoms with Crippen molar-refractivity contribution in [3.63, 3.8) is 0 Å². The normalized spacial score (nSPS) is 17.7. The van der Waals surface area contributed by atoms with Crippen molar-refractivity contribution in [1.82, 2.24) is 4.90 Å². The van der Waals surface area contributed by atoms with Gasteiger partial charge in [-0.3, -0.25) is 4.90 Å². The Morgan fingerprint density at radius 2 is 1.69 bits per heavy atom. The Morgan fingerprint density at radius 1 is 1.12 bits per heavy atom. The van der Waals surface area contributed by atoms with E-state index in [1.54, 1.807) is 0 Å². The minimum atomic E-state index is -0.0676. The number of benzene rings is 1. The van der Waals surface area contributed by atoms with Gasteiger partial charge in [-0.2, -0.15) is 0 Å². The second-order valence-electron chi connectivity index (χ2n) is 3.99. The molecule has 0 aromatic heterocycles. The molecule has 1 aliphatic heterocycles. The van der Waals surface area contributed by atoms with Gasteiger partial charge in [-0.15, -0.1) is 0 Å². The van der Waals surface area contributed by atoms with Crippen molar-refractivity contribution >= 4 is 0 Å². The van der Waals surface area contributed by atoms with Crippen LogP contribution in [0.4, 0.5) is 0 Å². The fraction of sp³-hybridized carbons (Fsp3) is 0.571. The number of hydrogen-bond acceptors (Lipinski definition) is 2. The Morgan fingerprint density at radius 3 is 2.25 bits per heavy atom. The summed E-state index contributed by atoms with van der Waals surface area (Å²) in [4.78, 5) is 2.40. The van der Waals surface area contributed by atoms with Crippen LogP contribution < -0.4 is 0 Å². The van der Waals surface area contributed by atoms with Crippen LogP contribution in [-0.4, -0.2) is 29.2 Å². The molecule has 2 nitrogen and oxygen atoms in total. The van der Waals surface area contributed by atoms with Crippen molar-refractivity contribution in [3.8, 4) is 0 Å². The lowest BCUT2D eigenvalue weighted by Gasteiger charge is -2.29. The second-order valence-corrected chi connectivity index (χ2v) is 3.99. The molecule has 1 fully saturated rings. The average molecular weight is 221 g/mol. The van der Waals surface area contributed by atoms with Gasteiger partial charge in [0.15, 0.2) is 0 Å². The van der Waals surface area contributed by atoms with E-state index in [0.29, 0.717) is 0 Å². The predicted octanol–water partition coefficient (Wildman–Crippen LogP) is 2.67. The SMILES string of the molecule is CC.OC1CCN(Cc2ccccc2)CC1. The minimum Gasteiger partial charge on any atom is -0.393 e. The summed E-state index contributed by atoms with van der Waals surface area (Å²) in [6.45, 7) is 7.07. The molecule has 16 heavy (non-hydrogen) atoms. The highest BCUT2D eigenvalue weighted by Gasteiger charge is 2.16. The number of nitrogens with zero attached hydrogens (tertiary/aromatic N) is 1. The van der Waals surface area contributed by atoms with E-state index < -0.39 is 0 Å². The maximum Gasteiger partial charge on any atom is 0.0564 e. The average Bonchev–Trinajstić information content (AvgIpc) is 2.36. The largest absolute Gasteiger partial charge is 0.393 e. The van der Waals surface area contributed by atoms with E-state index in [-0.39, 0.29) is 6.10 Å². The van der Waals surface area contributed by atoms with E-state index in [0.717, 1.165) is 32.5 Å². The zero-order valence-corrected chi connectivity index (χ0v) is 10.4. The van der Waals surface area contributed by atoms with Crippen LogP contribution in [0.1, 0.15) is 32.3 Å². The monoisotopic (exact) mass is 221 g/mol. The van der Waals surface area contributed by atoms with E-state index in [1.807, 2.05) is 19.9 Å². The summed E-state index contributed by atoms with van der Waals surface area (Å²) in [5.41, 5.74) is 1.36. The quantitative estimate of drug-likeness (QED) is 0.830. The van der Waals surface area contributed by atoms with Crippen molar-refractivity contribution in [2.45, 2.75) is 39.3 Å². The Balaban J connectivity index is 0.000000606. The first-order valence-corrected chi connectivity index (χ1v) is 6.29. The molecule has 0 aliphatic carbocycles. The number of aliphatic hydroxyl groups excluding tert-OH is 1. The smallest absolute Gasteiger partial charge is 0.0564 e. The maximum atomic E-state index is 9.37. The lowest BCUT2D eigenvalue weighted by molar-refractivity contribution is 0.0792. The van der Waals surface area contributed by atoms with E-state index in [2.05, 4.69) is 29.2 Å². The summed E-state index contributed by atoms with van der Waals surface area (Å²) in [6.07, 6.45) is 1.78. The van der Waals surface area contributed by atoms with E-state index in [4.69, 9.17) is 0 Å². The zero-order valence-electron chi connectivity index (χ0n) is 10.4. The van der Waals surface area contributed by atoms with Crippen molar-refractivity contribution in [2.24, 2.45) is 0 Å². The molecule has 2 rings (SSSR count). The van der Waals surface area contributed by atoms with Crippen LogP contribution in [0.3, 0.4) is 0 Å². The van der Waals surface area contributed by atoms with Crippen LogP contribution in [-0.2, 0) is 6.54 Å². The molecule has 1 N–H and O–H groups in total. The van der Waals surface area contributed by atoms with Crippen molar-refractivity contribution in [3.05, 3.63) is 35.9 Å². The molecule has 0 saturated carbocycles. The summed E-state index contributed by atoms with van der Waals surface area (Å²) in [7, 11) is 0. The Hall–Kier alpha value is -0.860. The van der Waals surface area contributed by atoms with E-state index in [1.165, 1.54) is 5.56 Å². The minimum absolute atomic E-state index is 0.0676. The van der Waals surface area contributed by atoms with Crippen LogP contribution in [0.5, 0.6) is 0 Å². The first-order chi connectivity index (χ1) is 7.84. The molecule has 1 aliphatic rings. The Labute approximate surface area is 98.9 Å². The summed E-state index contributed by atoms with van der Waals surface area (Å²) in [5.74, 6) is 0. The molecule has 0 bridgehead atoms. The molecule has 1 heterocycles. The summed E-state index contributed by atoms with van der Waals surface area (Å²) < 4.78 is 0. The second kappa shape index (κ2) is 7.42. The third kappa shape index (κ3) is 4.33. The number of hydrogen-bond donors (Lipinski definition) is 1. The van der Waals surface area contributed by atoms with Crippen molar-refractivity contribution in [2.75, 3.05) is 13.1 Å². The standard InChI is InChI=1S/C12H17NO.C2H6/c14-12-6-8-13(9-7-12)10-11-4-2-1-3-5-11;1-2/h1-5,12,14H,6-10H2;1-2H3. The molecule has 0 radical (unpaired) electrons. The fourth-order valence-corrected chi connectivity index (χ4v) is 1.92. The lowest BCUT2D eigenvalue weighted by Crippen LogP contribution is -2.35. The van der Waals surface area contributed by atoms with Crippen LogP contribution in [0.2, 0.25) is 0 Å². The Kier molecular flexibility index (Phi) is 6.12. The lowest BCUT2D eigenvalue weighted by atomic mass is 10.1. The highest BCUT2D eigenvalue weighted by atomic mass is 16.3. The first kappa shape index (κ1) is 13.2. The molecule has 1 aromatic carbocycles. The molecule has 1 saturated heterocycles. The van der Waals surface area contributed by atoms with Crippen molar-refractivity contribution in [1.29, 1.82) is 0 Å². The van der Waals surface area contributed by atoms with Gasteiger partial charge in [-0.05, 0) is 18.4 Å². The van der Waals surface area contributed by atoms with Gasteiger partial charge in [0, 0.05) is 19.6 Å². The van der Waals surface area contributed by atoms with Gasteiger partial charge >= 0.3 is 0 Å². The molecule has 0 atom stereocenters. The highest BCUT2D eigenvalue weighted by molar-refractivity contribution is 5.14. The van der Waals surface area contributed by atoms with Crippen molar-refractivity contribution < 1.29 is 5.11 Å². The van der Waals surface area contributed by atoms with Crippen LogP contribution in [0.25, 0.3) is 0 Å². The predicted molar refractivity (Wildman–Crippen MR) is 68.3 cm³/mol. The fourth-order valence-electron chi connectivity index (χ4n) is 1.92. The highest BCUT2D eigenvalue weighted by Crippen LogP contribution is 2.13. The van der Waals surface area contributed by atoms with E-state index >= 15 is 0 Å². The zero-order chi connectivity index (χ0) is 11.8. The van der Waals surface area contributed by atoms with Crippen LogP contribution in [0, 0.1) is 0 Å². The summed E-state index contributed by atoms with van der Waals surface area (Å²) in [6, 6.07) is 10.5. The molecule has 0 spiro atoms. The molecule has 0 amide bonds. The molecular formula is C14H23NO. The summed E-state index contributed by atoms with van der Waals surface area (Å²) in [5, 5.41) is 9.37. The third-order valence-electron chi connectivity index (χ3n) is 2.81. The third-order valence-corrected chi connectivity index (χ3v) is 2.81. The molecule has 2 heteroatoms. The van der Waals surface area contributed by atoms with Gasteiger partial charge in [0.2, 0.25) is 0 Å². The molecule has 0 unspecified atom stereocenters. The van der Waals surface area contributed by atoms with Gasteiger partial charge in [0.05, 0.1) is 6.10 Å². The topological polar surface area (TPSA) is 23.5 Å². The van der Waals surface area contributed by atoms with Gasteiger partial charge in [0.25, 0.3) is 0 Å². The number of rotatable bonds is 2. The van der Waals surface area contributed by atoms with Gasteiger partial charge < -0.3 is 5.11 Å². The van der Waals surface area contributed by atoms with Gasteiger partial charge in [-0.25, -0.2) is 0 Å². The number of likely N-dealkylation sites (tertiary alicyclic amines) is 1. The maximum absolute atomic E-state index is 9.37. The first-order valence-electron chi connectivity index (χ1n) is 6.29. The molecular weight excluding hydrogens is 198 g/mol. The van der Waals surface area contributed by atoms with Crippen LogP contribution >= 0.6 is 0 Å². The molecule has 90 valence electrons. The number of aliphatic hydroxyl groups is 1. The van der Waals surface area contributed by atoms with Gasteiger partial charge in [-0.1, -0.05) is 44.2 Å². The van der Waals surface area contributed by atoms with E-state index in [9.17, 15) is 5.11 Å². The summed E-state index contributed by atoms with van der Waals surface area (Å²) >= 11 is 0. The number of piperidine rings is 1. The Bertz CT molecular complexity index is 265. The van der Waals surface area contributed by atoms with Gasteiger partial charge in [0.1, 0.15) is 0 Å². The van der Waals surface area contributed by atoms with Crippen LogP contribution in [0.15, 0.2) is 30.3 Å². The molecule has 1 aromatic rings.